The highest BCUT2D eigenvalue weighted by atomic mass is 16.8. The summed E-state index contributed by atoms with van der Waals surface area (Å²) < 4.78 is 5.23. The molecule has 1 aromatic carbocycles. The van der Waals surface area contributed by atoms with Crippen molar-refractivity contribution in [1.29, 1.82) is 0 Å². The van der Waals surface area contributed by atoms with Gasteiger partial charge >= 0.3 is 6.16 Å². The summed E-state index contributed by atoms with van der Waals surface area (Å²) in [5, 5.41) is 5.21. The summed E-state index contributed by atoms with van der Waals surface area (Å²) in [7, 11) is 4.04. The van der Waals surface area contributed by atoms with Gasteiger partial charge in [0.15, 0.2) is 0 Å². The van der Waals surface area contributed by atoms with Gasteiger partial charge in [0.2, 0.25) is 0 Å². The average Bonchev–Trinajstić information content (AvgIpc) is 2.90. The molecule has 0 saturated carbocycles. The smallest absolute Gasteiger partial charge is 0.427 e. The maximum Gasteiger partial charge on any atom is 0.528 e. The molecule has 1 aliphatic heterocycles. The van der Waals surface area contributed by atoms with E-state index in [-0.39, 0.29) is 6.04 Å². The van der Waals surface area contributed by atoms with Crippen LogP contribution >= 0.6 is 0 Å². The number of hydrogen-bond acceptors (Lipinski definition) is 6. The Labute approximate surface area is 144 Å². The third kappa shape index (κ3) is 5.30. The van der Waals surface area contributed by atoms with Crippen molar-refractivity contribution in [2.24, 2.45) is 0 Å². The Morgan fingerprint density at radius 2 is 2.04 bits per heavy atom. The fraction of sp³-hybridized carbons (Fsp3) is 0.611. The first-order valence-corrected chi connectivity index (χ1v) is 8.44. The van der Waals surface area contributed by atoms with Crippen molar-refractivity contribution in [1.82, 2.24) is 5.06 Å². The van der Waals surface area contributed by atoms with Crippen molar-refractivity contribution in [2.45, 2.75) is 45.3 Å². The van der Waals surface area contributed by atoms with E-state index in [9.17, 15) is 4.79 Å². The molecule has 0 bridgehead atoms. The van der Waals surface area contributed by atoms with E-state index >= 15 is 0 Å². The zero-order valence-electron chi connectivity index (χ0n) is 15.3. The van der Waals surface area contributed by atoms with Crippen LogP contribution in [0.5, 0.6) is 0 Å². The number of nitrogens with one attached hydrogen (secondary N) is 1. The highest BCUT2D eigenvalue weighted by molar-refractivity contribution is 5.69. The average molecular weight is 335 g/mol. The number of benzene rings is 1. The molecule has 1 aromatic rings. The van der Waals surface area contributed by atoms with Crippen molar-refractivity contribution in [3.05, 3.63) is 24.3 Å². The van der Waals surface area contributed by atoms with Gasteiger partial charge in [-0.25, -0.2) is 4.79 Å². The van der Waals surface area contributed by atoms with Crippen molar-refractivity contribution in [3.63, 3.8) is 0 Å². The molecule has 6 heteroatoms. The molecule has 1 fully saturated rings. The molecular formula is C18H29N3O3. The molecule has 134 valence electrons. The van der Waals surface area contributed by atoms with Gasteiger partial charge in [-0.05, 0) is 45.7 Å². The predicted octanol–water partition coefficient (Wildman–Crippen LogP) is 3.50. The quantitative estimate of drug-likeness (QED) is 0.831. The van der Waals surface area contributed by atoms with Crippen LogP contribution in [0.3, 0.4) is 0 Å². The second-order valence-corrected chi connectivity index (χ2v) is 7.28. The maximum absolute atomic E-state index is 11.9. The molecule has 1 N–H and O–H groups in total. The molecule has 1 aliphatic rings. The normalized spacial score (nSPS) is 18.3. The number of rotatable bonds is 5. The van der Waals surface area contributed by atoms with Gasteiger partial charge < -0.3 is 19.8 Å². The number of carbonyl (C=O) groups excluding carboxylic acids is 1. The number of anilines is 2. The van der Waals surface area contributed by atoms with E-state index in [1.54, 1.807) is 5.06 Å². The summed E-state index contributed by atoms with van der Waals surface area (Å²) in [6.45, 7) is 6.94. The van der Waals surface area contributed by atoms with Crippen LogP contribution in [0.1, 0.15) is 33.6 Å². The number of para-hydroxylation sites is 2. The largest absolute Gasteiger partial charge is 0.528 e. The van der Waals surface area contributed by atoms with Crippen LogP contribution < -0.4 is 10.2 Å². The summed E-state index contributed by atoms with van der Waals surface area (Å²) in [6, 6.07) is 8.31. The highest BCUT2D eigenvalue weighted by Crippen LogP contribution is 2.25. The van der Waals surface area contributed by atoms with Crippen LogP contribution in [0.2, 0.25) is 0 Å². The Kier molecular flexibility index (Phi) is 5.94. The lowest BCUT2D eigenvalue weighted by molar-refractivity contribution is -0.148. The van der Waals surface area contributed by atoms with Gasteiger partial charge in [0.05, 0.1) is 17.4 Å². The van der Waals surface area contributed by atoms with Gasteiger partial charge in [0, 0.05) is 27.2 Å². The zero-order chi connectivity index (χ0) is 17.7. The van der Waals surface area contributed by atoms with Gasteiger partial charge in [-0.2, -0.15) is 0 Å². The topological polar surface area (TPSA) is 54.0 Å². The SMILES string of the molecule is CN(C)c1ccccc1NCC1CCCN1OC(=O)OC(C)(C)C. The molecule has 2 rings (SSSR count). The number of nitrogens with zero attached hydrogens (tertiary/aromatic N) is 2. The maximum atomic E-state index is 11.9. The molecule has 1 saturated heterocycles. The monoisotopic (exact) mass is 335 g/mol. The van der Waals surface area contributed by atoms with Crippen molar-refractivity contribution in [2.75, 3.05) is 37.4 Å². The molecule has 24 heavy (non-hydrogen) atoms. The second kappa shape index (κ2) is 7.75. The van der Waals surface area contributed by atoms with E-state index in [4.69, 9.17) is 9.57 Å². The molecule has 6 nitrogen and oxygen atoms in total. The van der Waals surface area contributed by atoms with Gasteiger partial charge in [0.1, 0.15) is 5.60 Å². The Morgan fingerprint density at radius 1 is 1.33 bits per heavy atom. The molecule has 1 heterocycles. The summed E-state index contributed by atoms with van der Waals surface area (Å²) >= 11 is 0. The molecule has 1 atom stereocenters. The summed E-state index contributed by atoms with van der Waals surface area (Å²) in [6.07, 6.45) is 1.35. The molecular weight excluding hydrogens is 306 g/mol. The van der Waals surface area contributed by atoms with E-state index in [2.05, 4.69) is 22.3 Å². The Balaban J connectivity index is 1.91. The van der Waals surface area contributed by atoms with Crippen LogP contribution in [0, 0.1) is 0 Å². The standard InChI is InChI=1S/C18H29N3O3/c1-18(2,3)23-17(22)24-21-12-8-9-14(21)13-19-15-10-6-7-11-16(15)20(4)5/h6-7,10-11,14,19H,8-9,12-13H2,1-5H3. The van der Waals surface area contributed by atoms with Crippen LogP contribution in [0.4, 0.5) is 16.2 Å². The van der Waals surface area contributed by atoms with Crippen molar-refractivity contribution < 1.29 is 14.4 Å². The van der Waals surface area contributed by atoms with Crippen LogP contribution in [-0.4, -0.2) is 50.0 Å². The minimum Gasteiger partial charge on any atom is -0.427 e. The van der Waals surface area contributed by atoms with Gasteiger partial charge in [-0.1, -0.05) is 12.1 Å². The first kappa shape index (κ1) is 18.4. The van der Waals surface area contributed by atoms with Crippen LogP contribution in [-0.2, 0) is 9.57 Å². The summed E-state index contributed by atoms with van der Waals surface area (Å²) in [4.78, 5) is 19.3. The zero-order valence-corrected chi connectivity index (χ0v) is 15.3. The molecule has 0 aromatic heterocycles. The predicted molar refractivity (Wildman–Crippen MR) is 96.3 cm³/mol. The van der Waals surface area contributed by atoms with E-state index in [1.807, 2.05) is 47.0 Å². The third-order valence-electron chi connectivity index (χ3n) is 3.82. The minimum absolute atomic E-state index is 0.146. The van der Waals surface area contributed by atoms with E-state index in [1.165, 1.54) is 0 Å². The van der Waals surface area contributed by atoms with E-state index in [0.29, 0.717) is 6.54 Å². The van der Waals surface area contributed by atoms with Gasteiger partial charge in [-0.3, -0.25) is 0 Å². The fourth-order valence-corrected chi connectivity index (χ4v) is 2.74. The number of hydrogen-bond donors (Lipinski definition) is 1. The van der Waals surface area contributed by atoms with Crippen LogP contribution in [0.25, 0.3) is 0 Å². The molecule has 0 radical (unpaired) electrons. The fourth-order valence-electron chi connectivity index (χ4n) is 2.74. The molecule has 0 aliphatic carbocycles. The Morgan fingerprint density at radius 3 is 2.71 bits per heavy atom. The minimum atomic E-state index is -0.636. The first-order chi connectivity index (χ1) is 11.3. The third-order valence-corrected chi connectivity index (χ3v) is 3.82. The Hall–Kier alpha value is -1.95. The lowest BCUT2D eigenvalue weighted by Gasteiger charge is -2.26. The first-order valence-electron chi connectivity index (χ1n) is 8.44. The number of carbonyl (C=O) groups is 1. The summed E-state index contributed by atoms with van der Waals surface area (Å²) in [5.41, 5.74) is 1.66. The van der Waals surface area contributed by atoms with Gasteiger partial charge in [0.25, 0.3) is 0 Å². The highest BCUT2D eigenvalue weighted by Gasteiger charge is 2.30. The molecule has 0 spiro atoms. The van der Waals surface area contributed by atoms with Gasteiger partial charge in [-0.15, -0.1) is 5.06 Å². The van der Waals surface area contributed by atoms with E-state index in [0.717, 1.165) is 30.8 Å². The molecule has 0 amide bonds. The van der Waals surface area contributed by atoms with Crippen molar-refractivity contribution >= 4 is 17.5 Å². The summed E-state index contributed by atoms with van der Waals surface area (Å²) in [5.74, 6) is 0. The second-order valence-electron chi connectivity index (χ2n) is 7.28. The lowest BCUT2D eigenvalue weighted by Crippen LogP contribution is -2.38. The van der Waals surface area contributed by atoms with Crippen molar-refractivity contribution in [3.8, 4) is 0 Å². The molecule has 1 unspecified atom stereocenters. The lowest BCUT2D eigenvalue weighted by atomic mass is 10.2. The Bertz CT molecular complexity index is 555. The number of ether oxygens (including phenoxy) is 1. The van der Waals surface area contributed by atoms with E-state index < -0.39 is 11.8 Å². The van der Waals surface area contributed by atoms with Crippen LogP contribution in [0.15, 0.2) is 24.3 Å². The number of hydroxylamine groups is 2.